The molecule has 1 atom stereocenters. The van der Waals surface area contributed by atoms with Crippen LogP contribution in [0.15, 0.2) is 24.3 Å². The fourth-order valence-electron chi connectivity index (χ4n) is 3.07. The lowest BCUT2D eigenvalue weighted by molar-refractivity contribution is -0.142. The Morgan fingerprint density at radius 1 is 1.28 bits per heavy atom. The minimum absolute atomic E-state index is 0.0509. The molecule has 4 N–H and O–H groups in total. The van der Waals surface area contributed by atoms with Crippen LogP contribution in [-0.2, 0) is 16.1 Å². The Hall–Kier alpha value is -2.57. The van der Waals surface area contributed by atoms with Crippen molar-refractivity contribution in [3.63, 3.8) is 0 Å². The van der Waals surface area contributed by atoms with Crippen LogP contribution >= 0.6 is 0 Å². The van der Waals surface area contributed by atoms with Crippen molar-refractivity contribution in [2.75, 3.05) is 11.9 Å². The zero-order chi connectivity index (χ0) is 18.2. The van der Waals surface area contributed by atoms with E-state index < -0.39 is 6.03 Å². The number of urea groups is 1. The summed E-state index contributed by atoms with van der Waals surface area (Å²) < 4.78 is 0. The van der Waals surface area contributed by atoms with E-state index in [9.17, 15) is 14.4 Å². The van der Waals surface area contributed by atoms with E-state index in [0.29, 0.717) is 31.6 Å². The van der Waals surface area contributed by atoms with Gasteiger partial charge in [-0.15, -0.1) is 0 Å². The predicted molar refractivity (Wildman–Crippen MR) is 95.8 cm³/mol. The van der Waals surface area contributed by atoms with Gasteiger partial charge in [-0.05, 0) is 43.4 Å². The topological polar surface area (TPSA) is 105 Å². The summed E-state index contributed by atoms with van der Waals surface area (Å²) in [6.07, 6.45) is 3.85. The summed E-state index contributed by atoms with van der Waals surface area (Å²) in [6.45, 7) is 2.94. The summed E-state index contributed by atoms with van der Waals surface area (Å²) in [5.41, 5.74) is 6.53. The van der Waals surface area contributed by atoms with Crippen LogP contribution in [0, 0.1) is 0 Å². The molecule has 1 fully saturated rings. The first-order valence-corrected chi connectivity index (χ1v) is 8.74. The Balaban J connectivity index is 1.96. The second-order valence-corrected chi connectivity index (χ2v) is 6.26. The van der Waals surface area contributed by atoms with Crippen molar-refractivity contribution in [1.29, 1.82) is 0 Å². The number of rotatable bonds is 6. The highest BCUT2D eigenvalue weighted by atomic mass is 16.2. The van der Waals surface area contributed by atoms with Crippen molar-refractivity contribution >= 4 is 23.5 Å². The number of nitrogens with one attached hydrogen (secondary N) is 2. The second-order valence-electron chi connectivity index (χ2n) is 6.26. The number of benzene rings is 1. The average molecular weight is 346 g/mol. The van der Waals surface area contributed by atoms with Gasteiger partial charge in [0.2, 0.25) is 11.8 Å². The lowest BCUT2D eigenvalue weighted by atomic mass is 10.0. The number of primary amides is 1. The van der Waals surface area contributed by atoms with E-state index in [-0.39, 0.29) is 17.9 Å². The fourth-order valence-corrected chi connectivity index (χ4v) is 3.07. The second kappa shape index (κ2) is 9.05. The molecular weight excluding hydrogens is 320 g/mol. The number of hydrogen-bond acceptors (Lipinski definition) is 3. The number of amides is 4. The van der Waals surface area contributed by atoms with Crippen LogP contribution in [0.1, 0.15) is 44.6 Å². The van der Waals surface area contributed by atoms with Gasteiger partial charge in [0.05, 0.1) is 0 Å². The molecule has 4 amide bonds. The highest BCUT2D eigenvalue weighted by Crippen LogP contribution is 2.19. The minimum Gasteiger partial charge on any atom is -0.351 e. The lowest BCUT2D eigenvalue weighted by Gasteiger charge is -2.34. The molecule has 0 aliphatic carbocycles. The van der Waals surface area contributed by atoms with Crippen LogP contribution in [0.2, 0.25) is 0 Å². The van der Waals surface area contributed by atoms with Gasteiger partial charge in [-0.3, -0.25) is 9.59 Å². The van der Waals surface area contributed by atoms with E-state index in [1.54, 1.807) is 23.1 Å². The zero-order valence-corrected chi connectivity index (χ0v) is 14.6. The highest BCUT2D eigenvalue weighted by molar-refractivity contribution is 5.88. The van der Waals surface area contributed by atoms with Crippen LogP contribution < -0.4 is 16.4 Å². The maximum atomic E-state index is 12.6. The van der Waals surface area contributed by atoms with Gasteiger partial charge in [0.15, 0.2) is 0 Å². The number of nitrogens with zero attached hydrogens (tertiary/aromatic N) is 1. The number of anilines is 1. The van der Waals surface area contributed by atoms with Gasteiger partial charge in [0.25, 0.3) is 0 Å². The summed E-state index contributed by atoms with van der Waals surface area (Å²) in [5.74, 6) is -0.0765. The summed E-state index contributed by atoms with van der Waals surface area (Å²) in [4.78, 5) is 37.4. The zero-order valence-electron chi connectivity index (χ0n) is 14.6. The largest absolute Gasteiger partial charge is 0.351 e. The molecule has 1 heterocycles. The highest BCUT2D eigenvalue weighted by Gasteiger charge is 2.31. The first kappa shape index (κ1) is 18.8. The van der Waals surface area contributed by atoms with Gasteiger partial charge in [-0.2, -0.15) is 0 Å². The van der Waals surface area contributed by atoms with Crippen molar-refractivity contribution in [2.45, 2.75) is 51.6 Å². The lowest BCUT2D eigenvalue weighted by Crippen LogP contribution is -2.51. The molecule has 1 saturated heterocycles. The molecule has 0 unspecified atom stereocenters. The molecule has 0 bridgehead atoms. The van der Waals surface area contributed by atoms with Crippen molar-refractivity contribution in [3.8, 4) is 0 Å². The van der Waals surface area contributed by atoms with Crippen LogP contribution in [-0.4, -0.2) is 35.3 Å². The van der Waals surface area contributed by atoms with Crippen molar-refractivity contribution in [2.24, 2.45) is 5.73 Å². The maximum Gasteiger partial charge on any atom is 0.316 e. The Bertz CT molecular complexity index is 633. The molecule has 1 aliphatic heterocycles. The van der Waals surface area contributed by atoms with Crippen LogP contribution in [0.3, 0.4) is 0 Å². The van der Waals surface area contributed by atoms with Gasteiger partial charge < -0.3 is 21.3 Å². The number of piperidine rings is 1. The van der Waals surface area contributed by atoms with E-state index in [1.807, 2.05) is 13.0 Å². The SMILES string of the molecule is CCCC(=O)N1CCCC[C@@H]1C(=O)NCc1cccc(NC(N)=O)c1. The quantitative estimate of drug-likeness (QED) is 0.733. The van der Waals surface area contributed by atoms with Gasteiger partial charge in [-0.1, -0.05) is 19.1 Å². The molecule has 0 radical (unpaired) electrons. The average Bonchev–Trinajstić information content (AvgIpc) is 2.59. The third-order valence-corrected chi connectivity index (χ3v) is 4.25. The number of hydrogen-bond donors (Lipinski definition) is 3. The number of likely N-dealkylation sites (tertiary alicyclic amines) is 1. The minimum atomic E-state index is -0.631. The standard InChI is InChI=1S/C18H26N4O3/c1-2-6-16(23)22-10-4-3-9-15(22)17(24)20-12-13-7-5-8-14(11-13)21-18(19)25/h5,7-8,11,15H,2-4,6,9-10,12H2,1H3,(H,20,24)(H3,19,21,25)/t15-/m1/s1. The molecule has 0 saturated carbocycles. The van der Waals surface area contributed by atoms with Crippen LogP contribution in [0.5, 0.6) is 0 Å². The monoisotopic (exact) mass is 346 g/mol. The smallest absolute Gasteiger partial charge is 0.316 e. The molecule has 0 spiro atoms. The summed E-state index contributed by atoms with van der Waals surface area (Å²) >= 11 is 0. The van der Waals surface area contributed by atoms with Gasteiger partial charge in [0, 0.05) is 25.2 Å². The van der Waals surface area contributed by atoms with E-state index in [0.717, 1.165) is 24.8 Å². The van der Waals surface area contributed by atoms with Gasteiger partial charge >= 0.3 is 6.03 Å². The molecular formula is C18H26N4O3. The first-order valence-electron chi connectivity index (χ1n) is 8.74. The summed E-state index contributed by atoms with van der Waals surface area (Å²) in [5, 5.41) is 5.40. The normalized spacial score (nSPS) is 17.0. The Labute approximate surface area is 147 Å². The predicted octanol–water partition coefficient (Wildman–Crippen LogP) is 1.97. The van der Waals surface area contributed by atoms with Crippen molar-refractivity contribution < 1.29 is 14.4 Å². The Kier molecular flexibility index (Phi) is 6.80. The van der Waals surface area contributed by atoms with Crippen molar-refractivity contribution in [1.82, 2.24) is 10.2 Å². The summed E-state index contributed by atoms with van der Waals surface area (Å²) in [7, 11) is 0. The van der Waals surface area contributed by atoms with Crippen molar-refractivity contribution in [3.05, 3.63) is 29.8 Å². The Morgan fingerprint density at radius 3 is 2.80 bits per heavy atom. The number of carbonyl (C=O) groups is 3. The third-order valence-electron chi connectivity index (χ3n) is 4.25. The first-order chi connectivity index (χ1) is 12.0. The number of nitrogens with two attached hydrogens (primary N) is 1. The molecule has 7 nitrogen and oxygen atoms in total. The maximum absolute atomic E-state index is 12.6. The molecule has 1 aliphatic rings. The molecule has 25 heavy (non-hydrogen) atoms. The summed E-state index contributed by atoms with van der Waals surface area (Å²) in [6, 6.07) is 6.10. The molecule has 136 valence electrons. The van der Waals surface area contributed by atoms with Gasteiger partial charge in [0.1, 0.15) is 6.04 Å². The van der Waals surface area contributed by atoms with Crippen LogP contribution in [0.4, 0.5) is 10.5 Å². The van der Waals surface area contributed by atoms with Crippen LogP contribution in [0.25, 0.3) is 0 Å². The molecule has 2 rings (SSSR count). The molecule has 1 aromatic carbocycles. The molecule has 7 heteroatoms. The Morgan fingerprint density at radius 2 is 2.08 bits per heavy atom. The van der Waals surface area contributed by atoms with E-state index in [4.69, 9.17) is 5.73 Å². The number of carbonyl (C=O) groups excluding carboxylic acids is 3. The van der Waals surface area contributed by atoms with E-state index in [1.165, 1.54) is 0 Å². The molecule has 0 aromatic heterocycles. The fraction of sp³-hybridized carbons (Fsp3) is 0.500. The third kappa shape index (κ3) is 5.48. The van der Waals surface area contributed by atoms with E-state index >= 15 is 0 Å². The van der Waals surface area contributed by atoms with E-state index in [2.05, 4.69) is 10.6 Å². The van der Waals surface area contributed by atoms with Gasteiger partial charge in [-0.25, -0.2) is 4.79 Å². The molecule has 1 aromatic rings.